The van der Waals surface area contributed by atoms with E-state index < -0.39 is 5.60 Å². The summed E-state index contributed by atoms with van der Waals surface area (Å²) in [7, 11) is 0. The quantitative estimate of drug-likeness (QED) is 0.747. The minimum atomic E-state index is -0.704. The van der Waals surface area contributed by atoms with E-state index >= 15 is 0 Å². The lowest BCUT2D eigenvalue weighted by Gasteiger charge is -2.24. The highest BCUT2D eigenvalue weighted by Crippen LogP contribution is 2.28. The van der Waals surface area contributed by atoms with E-state index in [2.05, 4.69) is 0 Å². The summed E-state index contributed by atoms with van der Waals surface area (Å²) in [6, 6.07) is 1.88. The zero-order valence-electron chi connectivity index (χ0n) is 7.69. The first-order chi connectivity index (χ1) is 6.21. The Bertz CT molecular complexity index is 268. The molecule has 1 aliphatic heterocycles. The van der Waals surface area contributed by atoms with Crippen LogP contribution in [0.25, 0.3) is 0 Å². The van der Waals surface area contributed by atoms with Gasteiger partial charge in [-0.1, -0.05) is 6.92 Å². The summed E-state index contributed by atoms with van der Waals surface area (Å²) in [6.45, 7) is 3.08. The molecular formula is C10H14O3. The summed E-state index contributed by atoms with van der Waals surface area (Å²) in [4.78, 5) is 0. The third kappa shape index (κ3) is 1.62. The van der Waals surface area contributed by atoms with Gasteiger partial charge in [-0.2, -0.15) is 0 Å². The lowest BCUT2D eigenvalue weighted by Crippen LogP contribution is -2.37. The minimum absolute atomic E-state index is 0.197. The maximum atomic E-state index is 10.2. The van der Waals surface area contributed by atoms with Gasteiger partial charge in [0.15, 0.2) is 0 Å². The monoisotopic (exact) mass is 182 g/mol. The Morgan fingerprint density at radius 1 is 1.69 bits per heavy atom. The molecule has 3 heteroatoms. The molecule has 0 aromatic carbocycles. The SMILES string of the molecule is CC1COCC1(O)Cc1ccoc1. The molecule has 1 saturated heterocycles. The summed E-state index contributed by atoms with van der Waals surface area (Å²) in [6.07, 6.45) is 3.91. The molecule has 2 atom stereocenters. The molecule has 0 saturated carbocycles. The van der Waals surface area contributed by atoms with Gasteiger partial charge in [0.2, 0.25) is 0 Å². The molecule has 0 spiro atoms. The molecule has 1 aromatic heterocycles. The number of aliphatic hydroxyl groups is 1. The zero-order chi connectivity index (χ0) is 9.31. The first-order valence-corrected chi connectivity index (χ1v) is 4.52. The normalized spacial score (nSPS) is 33.8. The molecule has 13 heavy (non-hydrogen) atoms. The van der Waals surface area contributed by atoms with E-state index in [0.29, 0.717) is 19.6 Å². The Hall–Kier alpha value is -0.800. The van der Waals surface area contributed by atoms with Gasteiger partial charge in [-0.25, -0.2) is 0 Å². The van der Waals surface area contributed by atoms with Crippen LogP contribution >= 0.6 is 0 Å². The van der Waals surface area contributed by atoms with Gasteiger partial charge >= 0.3 is 0 Å². The number of hydrogen-bond acceptors (Lipinski definition) is 3. The number of ether oxygens (including phenoxy) is 1. The van der Waals surface area contributed by atoms with E-state index in [1.165, 1.54) is 0 Å². The second kappa shape index (κ2) is 3.16. The molecule has 1 aromatic rings. The maximum absolute atomic E-state index is 10.2. The lowest BCUT2D eigenvalue weighted by molar-refractivity contribution is 0.00564. The van der Waals surface area contributed by atoms with Crippen molar-refractivity contribution >= 4 is 0 Å². The standard InChI is InChI=1S/C10H14O3/c1-8-5-13-7-10(8,11)4-9-2-3-12-6-9/h2-3,6,8,11H,4-5,7H2,1H3. The van der Waals surface area contributed by atoms with Crippen LogP contribution in [0.4, 0.5) is 0 Å². The van der Waals surface area contributed by atoms with Crippen molar-refractivity contribution in [2.75, 3.05) is 13.2 Å². The minimum Gasteiger partial charge on any atom is -0.472 e. The van der Waals surface area contributed by atoms with Crippen LogP contribution in [0.2, 0.25) is 0 Å². The largest absolute Gasteiger partial charge is 0.472 e. The van der Waals surface area contributed by atoms with E-state index in [9.17, 15) is 5.11 Å². The van der Waals surface area contributed by atoms with Crippen LogP contribution in [-0.4, -0.2) is 23.9 Å². The topological polar surface area (TPSA) is 42.6 Å². The second-order valence-electron chi connectivity index (χ2n) is 3.83. The number of rotatable bonds is 2. The van der Waals surface area contributed by atoms with Gasteiger partial charge in [0, 0.05) is 12.3 Å². The van der Waals surface area contributed by atoms with Crippen molar-refractivity contribution < 1.29 is 14.3 Å². The molecule has 3 nitrogen and oxygen atoms in total. The van der Waals surface area contributed by atoms with Gasteiger partial charge in [-0.05, 0) is 11.6 Å². The summed E-state index contributed by atoms with van der Waals surface area (Å²) < 4.78 is 10.2. The smallest absolute Gasteiger partial charge is 0.0968 e. The van der Waals surface area contributed by atoms with Crippen molar-refractivity contribution in [2.45, 2.75) is 18.9 Å². The average molecular weight is 182 g/mol. The van der Waals surface area contributed by atoms with Crippen LogP contribution < -0.4 is 0 Å². The molecule has 0 aliphatic carbocycles. The summed E-state index contributed by atoms with van der Waals surface area (Å²) in [5.41, 5.74) is 0.323. The van der Waals surface area contributed by atoms with Gasteiger partial charge in [0.25, 0.3) is 0 Å². The molecule has 2 unspecified atom stereocenters. The molecule has 0 amide bonds. The molecule has 1 fully saturated rings. The average Bonchev–Trinajstić information content (AvgIpc) is 2.65. The fraction of sp³-hybridized carbons (Fsp3) is 0.600. The Morgan fingerprint density at radius 3 is 3.08 bits per heavy atom. The predicted octanol–water partition coefficient (Wildman–Crippen LogP) is 1.22. The van der Waals surface area contributed by atoms with Crippen molar-refractivity contribution in [3.63, 3.8) is 0 Å². The predicted molar refractivity (Wildman–Crippen MR) is 47.3 cm³/mol. The highest BCUT2D eigenvalue weighted by atomic mass is 16.5. The van der Waals surface area contributed by atoms with E-state index in [-0.39, 0.29) is 5.92 Å². The van der Waals surface area contributed by atoms with Crippen LogP contribution in [0.3, 0.4) is 0 Å². The first kappa shape index (κ1) is 8.78. The molecule has 1 aliphatic rings. The van der Waals surface area contributed by atoms with Crippen LogP contribution in [0.5, 0.6) is 0 Å². The fourth-order valence-electron chi connectivity index (χ4n) is 1.68. The molecule has 2 heterocycles. The second-order valence-corrected chi connectivity index (χ2v) is 3.83. The highest BCUT2D eigenvalue weighted by Gasteiger charge is 2.39. The first-order valence-electron chi connectivity index (χ1n) is 4.52. The van der Waals surface area contributed by atoms with Gasteiger partial charge in [0.05, 0.1) is 31.3 Å². The van der Waals surface area contributed by atoms with Gasteiger partial charge < -0.3 is 14.3 Å². The van der Waals surface area contributed by atoms with E-state index in [0.717, 1.165) is 5.56 Å². The van der Waals surface area contributed by atoms with Crippen LogP contribution in [0.15, 0.2) is 23.0 Å². The molecule has 0 radical (unpaired) electrons. The Labute approximate surface area is 77.3 Å². The Morgan fingerprint density at radius 2 is 2.54 bits per heavy atom. The van der Waals surface area contributed by atoms with Crippen LogP contribution in [0.1, 0.15) is 12.5 Å². The maximum Gasteiger partial charge on any atom is 0.0968 e. The molecule has 0 bridgehead atoms. The third-order valence-electron chi connectivity index (χ3n) is 2.73. The van der Waals surface area contributed by atoms with Gasteiger partial charge in [0.1, 0.15) is 0 Å². The summed E-state index contributed by atoms with van der Waals surface area (Å²) in [5.74, 6) is 0.197. The zero-order valence-corrected chi connectivity index (χ0v) is 7.69. The molecular weight excluding hydrogens is 168 g/mol. The number of hydrogen-bond donors (Lipinski definition) is 1. The molecule has 2 rings (SSSR count). The van der Waals surface area contributed by atoms with Gasteiger partial charge in [-0.15, -0.1) is 0 Å². The van der Waals surface area contributed by atoms with Crippen molar-refractivity contribution in [1.82, 2.24) is 0 Å². The van der Waals surface area contributed by atoms with Crippen molar-refractivity contribution in [2.24, 2.45) is 5.92 Å². The number of furan rings is 1. The van der Waals surface area contributed by atoms with Gasteiger partial charge in [-0.3, -0.25) is 0 Å². The van der Waals surface area contributed by atoms with Crippen LogP contribution in [0, 0.1) is 5.92 Å². The Balaban J connectivity index is 2.08. The molecule has 1 N–H and O–H groups in total. The molecule has 72 valence electrons. The van der Waals surface area contributed by atoms with Crippen molar-refractivity contribution in [3.05, 3.63) is 24.2 Å². The van der Waals surface area contributed by atoms with Crippen LogP contribution in [-0.2, 0) is 11.2 Å². The van der Waals surface area contributed by atoms with Crippen molar-refractivity contribution in [1.29, 1.82) is 0 Å². The summed E-state index contributed by atoms with van der Waals surface area (Å²) in [5, 5.41) is 10.2. The Kier molecular flexibility index (Phi) is 2.14. The van der Waals surface area contributed by atoms with E-state index in [1.54, 1.807) is 12.5 Å². The van der Waals surface area contributed by atoms with Crippen molar-refractivity contribution in [3.8, 4) is 0 Å². The summed E-state index contributed by atoms with van der Waals surface area (Å²) >= 11 is 0. The third-order valence-corrected chi connectivity index (χ3v) is 2.73. The van der Waals surface area contributed by atoms with E-state index in [1.807, 2.05) is 13.0 Å². The fourth-order valence-corrected chi connectivity index (χ4v) is 1.68. The van der Waals surface area contributed by atoms with E-state index in [4.69, 9.17) is 9.15 Å². The lowest BCUT2D eigenvalue weighted by atomic mass is 9.87. The highest BCUT2D eigenvalue weighted by molar-refractivity contribution is 5.11.